The van der Waals surface area contributed by atoms with Crippen molar-refractivity contribution in [2.24, 2.45) is 10.9 Å². The van der Waals surface area contributed by atoms with E-state index in [0.717, 1.165) is 13.0 Å². The molecule has 0 rings (SSSR count). The van der Waals surface area contributed by atoms with Gasteiger partial charge in [0.15, 0.2) is 5.84 Å². The van der Waals surface area contributed by atoms with Gasteiger partial charge in [-0.15, -0.1) is 0 Å². The monoisotopic (exact) mass is 203 g/mol. The van der Waals surface area contributed by atoms with Crippen molar-refractivity contribution in [3.8, 4) is 0 Å². The Labute approximate surface area is 85.5 Å². The summed E-state index contributed by atoms with van der Waals surface area (Å²) >= 11 is 0. The number of nitrogens with two attached hydrogens (primary N) is 1. The van der Waals surface area contributed by atoms with Gasteiger partial charge in [-0.25, -0.2) is 0 Å². The second-order valence-corrected chi connectivity index (χ2v) is 3.31. The fourth-order valence-electron chi connectivity index (χ4n) is 1.16. The van der Waals surface area contributed by atoms with Crippen molar-refractivity contribution >= 4 is 5.84 Å². The third-order valence-electron chi connectivity index (χ3n) is 2.29. The zero-order valence-corrected chi connectivity index (χ0v) is 9.23. The van der Waals surface area contributed by atoms with Gasteiger partial charge in [0.2, 0.25) is 0 Å². The van der Waals surface area contributed by atoms with Gasteiger partial charge < -0.3 is 15.7 Å². The number of oxime groups is 1. The topological polar surface area (TPSA) is 71.1 Å². The summed E-state index contributed by atoms with van der Waals surface area (Å²) in [6, 6.07) is 0.408. The van der Waals surface area contributed by atoms with Crippen LogP contribution in [0.4, 0.5) is 0 Å². The van der Waals surface area contributed by atoms with Crippen LogP contribution in [0.1, 0.15) is 20.3 Å². The summed E-state index contributed by atoms with van der Waals surface area (Å²) in [6.45, 7) is 6.15. The van der Waals surface area contributed by atoms with E-state index in [1.165, 1.54) is 0 Å². The summed E-state index contributed by atoms with van der Waals surface area (Å²) in [6.07, 6.45) is 1.03. The van der Waals surface area contributed by atoms with Crippen molar-refractivity contribution in [2.45, 2.75) is 26.3 Å². The summed E-state index contributed by atoms with van der Waals surface area (Å²) in [5.41, 5.74) is 5.46. The molecular formula is C9H21N3O2. The minimum atomic E-state index is 0.237. The van der Waals surface area contributed by atoms with Crippen molar-refractivity contribution in [1.82, 2.24) is 4.90 Å². The Kier molecular flexibility index (Phi) is 7.14. The molecule has 14 heavy (non-hydrogen) atoms. The molecule has 0 aromatic rings. The molecular weight excluding hydrogens is 182 g/mol. The lowest BCUT2D eigenvalue weighted by molar-refractivity contribution is 0.133. The average Bonchev–Trinajstić information content (AvgIpc) is 2.22. The number of rotatable bonds is 7. The molecule has 5 heteroatoms. The van der Waals surface area contributed by atoms with Gasteiger partial charge in [0.05, 0.1) is 13.2 Å². The molecule has 1 atom stereocenters. The SMILES string of the molecule is CCC(C)N(CCOC)CC(N)=NO. The Morgan fingerprint density at radius 3 is 2.71 bits per heavy atom. The lowest BCUT2D eigenvalue weighted by Crippen LogP contribution is -2.41. The first kappa shape index (κ1) is 13.2. The molecule has 0 amide bonds. The van der Waals surface area contributed by atoms with Gasteiger partial charge in [0.25, 0.3) is 0 Å². The van der Waals surface area contributed by atoms with Crippen LogP contribution in [0.25, 0.3) is 0 Å². The maximum atomic E-state index is 8.47. The molecule has 3 N–H and O–H groups in total. The molecule has 0 saturated carbocycles. The second-order valence-electron chi connectivity index (χ2n) is 3.31. The maximum absolute atomic E-state index is 8.47. The summed E-state index contributed by atoms with van der Waals surface area (Å²) < 4.78 is 5.00. The van der Waals surface area contributed by atoms with E-state index in [1.54, 1.807) is 7.11 Å². The Hall–Kier alpha value is -0.810. The van der Waals surface area contributed by atoms with Gasteiger partial charge in [-0.2, -0.15) is 0 Å². The number of nitrogens with zero attached hydrogens (tertiary/aromatic N) is 2. The van der Waals surface area contributed by atoms with Crippen molar-refractivity contribution in [3.63, 3.8) is 0 Å². The van der Waals surface area contributed by atoms with E-state index < -0.39 is 0 Å². The van der Waals surface area contributed by atoms with E-state index in [9.17, 15) is 0 Å². The standard InChI is InChI=1S/C9H21N3O2/c1-4-8(2)12(5-6-14-3)7-9(10)11-13/h8,13H,4-7H2,1-3H3,(H2,10,11). The van der Waals surface area contributed by atoms with Gasteiger partial charge in [-0.05, 0) is 13.3 Å². The molecule has 0 saturated heterocycles. The number of hydrogen-bond donors (Lipinski definition) is 2. The summed E-state index contributed by atoms with van der Waals surface area (Å²) in [4.78, 5) is 2.12. The molecule has 0 radical (unpaired) electrons. The molecule has 0 bridgehead atoms. The Morgan fingerprint density at radius 1 is 1.64 bits per heavy atom. The van der Waals surface area contributed by atoms with E-state index in [4.69, 9.17) is 15.7 Å². The quantitative estimate of drug-likeness (QED) is 0.273. The first-order valence-corrected chi connectivity index (χ1v) is 4.85. The number of amidine groups is 1. The number of methoxy groups -OCH3 is 1. The fourth-order valence-corrected chi connectivity index (χ4v) is 1.16. The van der Waals surface area contributed by atoms with Crippen LogP contribution in [0.2, 0.25) is 0 Å². The van der Waals surface area contributed by atoms with Crippen molar-refractivity contribution < 1.29 is 9.94 Å². The third-order valence-corrected chi connectivity index (χ3v) is 2.29. The van der Waals surface area contributed by atoms with Crippen LogP contribution in [-0.4, -0.2) is 48.8 Å². The van der Waals surface area contributed by atoms with Crippen molar-refractivity contribution in [2.75, 3.05) is 26.8 Å². The molecule has 1 unspecified atom stereocenters. The van der Waals surface area contributed by atoms with Crippen LogP contribution in [0.15, 0.2) is 5.16 Å². The first-order valence-electron chi connectivity index (χ1n) is 4.85. The van der Waals surface area contributed by atoms with Crippen LogP contribution in [0, 0.1) is 0 Å². The molecule has 0 heterocycles. The molecule has 84 valence electrons. The van der Waals surface area contributed by atoms with E-state index in [1.807, 2.05) is 0 Å². The predicted molar refractivity (Wildman–Crippen MR) is 56.6 cm³/mol. The average molecular weight is 203 g/mol. The van der Waals surface area contributed by atoms with E-state index >= 15 is 0 Å². The van der Waals surface area contributed by atoms with Crippen LogP contribution in [0.5, 0.6) is 0 Å². The molecule has 0 aromatic carbocycles. The van der Waals surface area contributed by atoms with Gasteiger partial charge in [-0.1, -0.05) is 12.1 Å². The fraction of sp³-hybridized carbons (Fsp3) is 0.889. The van der Waals surface area contributed by atoms with Crippen molar-refractivity contribution in [3.05, 3.63) is 0 Å². The molecule has 0 aliphatic rings. The van der Waals surface area contributed by atoms with Crippen LogP contribution < -0.4 is 5.73 Å². The lowest BCUT2D eigenvalue weighted by atomic mass is 10.2. The highest BCUT2D eigenvalue weighted by Crippen LogP contribution is 2.02. The third kappa shape index (κ3) is 5.04. The minimum absolute atomic E-state index is 0.237. The molecule has 5 nitrogen and oxygen atoms in total. The second kappa shape index (κ2) is 7.58. The Morgan fingerprint density at radius 2 is 2.29 bits per heavy atom. The molecule has 0 aliphatic heterocycles. The van der Waals surface area contributed by atoms with E-state index in [0.29, 0.717) is 19.2 Å². The zero-order valence-electron chi connectivity index (χ0n) is 9.23. The molecule has 0 aromatic heterocycles. The summed E-state index contributed by atoms with van der Waals surface area (Å²) in [5.74, 6) is 0.237. The molecule has 0 fully saturated rings. The van der Waals surface area contributed by atoms with Gasteiger partial charge in [0, 0.05) is 19.7 Å². The van der Waals surface area contributed by atoms with Crippen LogP contribution in [-0.2, 0) is 4.74 Å². The van der Waals surface area contributed by atoms with Crippen LogP contribution >= 0.6 is 0 Å². The Balaban J connectivity index is 4.09. The zero-order chi connectivity index (χ0) is 11.0. The number of ether oxygens (including phenoxy) is 1. The lowest BCUT2D eigenvalue weighted by Gasteiger charge is -2.27. The van der Waals surface area contributed by atoms with Gasteiger partial charge >= 0.3 is 0 Å². The highest BCUT2D eigenvalue weighted by Gasteiger charge is 2.13. The minimum Gasteiger partial charge on any atom is -0.409 e. The van der Waals surface area contributed by atoms with E-state index in [-0.39, 0.29) is 5.84 Å². The summed E-state index contributed by atoms with van der Waals surface area (Å²) in [7, 11) is 1.66. The normalized spacial score (nSPS) is 14.7. The van der Waals surface area contributed by atoms with Crippen LogP contribution in [0.3, 0.4) is 0 Å². The largest absolute Gasteiger partial charge is 0.409 e. The Bertz CT molecular complexity index is 173. The summed E-state index contributed by atoms with van der Waals surface area (Å²) in [5, 5.41) is 11.4. The highest BCUT2D eigenvalue weighted by molar-refractivity contribution is 5.81. The van der Waals surface area contributed by atoms with Crippen molar-refractivity contribution in [1.29, 1.82) is 0 Å². The smallest absolute Gasteiger partial charge is 0.153 e. The van der Waals surface area contributed by atoms with E-state index in [2.05, 4.69) is 23.9 Å². The predicted octanol–water partition coefficient (Wildman–Crippen LogP) is 0.480. The molecule has 0 aliphatic carbocycles. The molecule has 0 spiro atoms. The first-order chi connectivity index (χ1) is 6.65. The number of hydrogen-bond acceptors (Lipinski definition) is 4. The maximum Gasteiger partial charge on any atom is 0.153 e. The highest BCUT2D eigenvalue weighted by atomic mass is 16.5. The van der Waals surface area contributed by atoms with Gasteiger partial charge in [0.1, 0.15) is 0 Å². The van der Waals surface area contributed by atoms with Gasteiger partial charge in [-0.3, -0.25) is 4.90 Å².